The average molecular weight is 449 g/mol. The number of ether oxygens (including phenoxy) is 1. The zero-order valence-electron chi connectivity index (χ0n) is 18.5. The minimum absolute atomic E-state index is 0.0559. The van der Waals surface area contributed by atoms with Crippen molar-refractivity contribution in [2.24, 2.45) is 5.92 Å². The number of morpholine rings is 1. The molecule has 1 aromatic carbocycles. The minimum atomic E-state index is -0.0709. The van der Waals surface area contributed by atoms with Gasteiger partial charge in [0, 0.05) is 49.0 Å². The number of amides is 1. The zero-order valence-corrected chi connectivity index (χ0v) is 18.5. The van der Waals surface area contributed by atoms with Crippen LogP contribution in [-0.2, 0) is 16.1 Å². The highest BCUT2D eigenvalue weighted by Gasteiger charge is 2.27. The van der Waals surface area contributed by atoms with Crippen molar-refractivity contribution in [1.82, 2.24) is 20.0 Å². The Hall–Kier alpha value is -3.30. The quantitative estimate of drug-likeness (QED) is 0.615. The number of carbonyl (C=O) groups is 1. The van der Waals surface area contributed by atoms with Crippen LogP contribution in [0.1, 0.15) is 18.7 Å². The molecule has 0 radical (unpaired) electrons. The Morgan fingerprint density at radius 2 is 1.97 bits per heavy atom. The predicted octanol–water partition coefficient (Wildman–Crippen LogP) is 2.82. The first-order chi connectivity index (χ1) is 16.2. The summed E-state index contributed by atoms with van der Waals surface area (Å²) in [6, 6.07) is 11.8. The van der Waals surface area contributed by atoms with E-state index in [1.54, 1.807) is 12.4 Å². The van der Waals surface area contributed by atoms with Gasteiger partial charge in [-0.15, -0.1) is 0 Å². The van der Waals surface area contributed by atoms with Crippen LogP contribution in [0.25, 0.3) is 11.4 Å². The van der Waals surface area contributed by atoms with E-state index in [1.807, 2.05) is 24.3 Å². The maximum Gasteiger partial charge on any atom is 0.241 e. The topological polar surface area (TPSA) is 96.6 Å². The van der Waals surface area contributed by atoms with E-state index in [2.05, 4.69) is 42.4 Å². The van der Waals surface area contributed by atoms with Gasteiger partial charge in [-0.05, 0) is 55.8 Å². The average Bonchev–Trinajstić information content (AvgIpc) is 3.34. The standard InChI is InChI=1S/C24H28N6O3/c31-24(26-20-5-7-21(8-6-20)30-11-13-32-14-12-30)19-4-2-10-29(16-19)17-22-27-23(28-33-22)18-3-1-9-25-15-18/h1,3,5-9,15,19H,2,4,10-14,16-17H2,(H,26,31)/t19-/m1/s1. The second-order valence-corrected chi connectivity index (χ2v) is 8.46. The van der Waals surface area contributed by atoms with Crippen LogP contribution in [0.4, 0.5) is 11.4 Å². The lowest BCUT2D eigenvalue weighted by atomic mass is 9.97. The molecule has 0 unspecified atom stereocenters. The number of nitrogens with zero attached hydrogens (tertiary/aromatic N) is 5. The summed E-state index contributed by atoms with van der Waals surface area (Å²) < 4.78 is 10.8. The maximum absolute atomic E-state index is 12.9. The van der Waals surface area contributed by atoms with E-state index in [0.29, 0.717) is 24.8 Å². The molecule has 1 N–H and O–H groups in total. The van der Waals surface area contributed by atoms with Crippen LogP contribution in [0.15, 0.2) is 53.3 Å². The van der Waals surface area contributed by atoms with Crippen molar-refractivity contribution in [3.63, 3.8) is 0 Å². The first-order valence-electron chi connectivity index (χ1n) is 11.4. The Labute approximate surface area is 192 Å². The molecule has 0 spiro atoms. The Bertz CT molecular complexity index is 1050. The number of nitrogens with one attached hydrogen (secondary N) is 1. The number of anilines is 2. The third-order valence-corrected chi connectivity index (χ3v) is 6.13. The molecule has 172 valence electrons. The molecule has 0 bridgehead atoms. The van der Waals surface area contributed by atoms with Crippen molar-refractivity contribution in [3.8, 4) is 11.4 Å². The van der Waals surface area contributed by atoms with Crippen molar-refractivity contribution in [1.29, 1.82) is 0 Å². The van der Waals surface area contributed by atoms with Crippen molar-refractivity contribution in [2.45, 2.75) is 19.4 Å². The lowest BCUT2D eigenvalue weighted by Gasteiger charge is -2.31. The highest BCUT2D eigenvalue weighted by Crippen LogP contribution is 2.23. The highest BCUT2D eigenvalue weighted by atomic mass is 16.5. The van der Waals surface area contributed by atoms with Gasteiger partial charge in [-0.25, -0.2) is 0 Å². The van der Waals surface area contributed by atoms with E-state index in [-0.39, 0.29) is 11.8 Å². The van der Waals surface area contributed by atoms with Gasteiger partial charge in [0.1, 0.15) is 0 Å². The molecular formula is C24H28N6O3. The second kappa shape index (κ2) is 10.1. The molecule has 0 aliphatic carbocycles. The number of piperidine rings is 1. The number of aromatic nitrogens is 3. The van der Waals surface area contributed by atoms with Gasteiger partial charge in [-0.1, -0.05) is 5.16 Å². The molecule has 2 aliphatic heterocycles. The van der Waals surface area contributed by atoms with E-state index < -0.39 is 0 Å². The van der Waals surface area contributed by atoms with Gasteiger partial charge in [0.25, 0.3) is 0 Å². The van der Waals surface area contributed by atoms with Crippen LogP contribution in [0, 0.1) is 5.92 Å². The molecule has 1 atom stereocenters. The SMILES string of the molecule is O=C(Nc1ccc(N2CCOCC2)cc1)[C@@H]1CCCN(Cc2nc(-c3cccnc3)no2)C1. The molecular weight excluding hydrogens is 420 g/mol. The minimum Gasteiger partial charge on any atom is -0.378 e. The summed E-state index contributed by atoms with van der Waals surface area (Å²) in [6.45, 7) is 5.41. The molecule has 9 nitrogen and oxygen atoms in total. The third kappa shape index (κ3) is 5.37. The number of hydrogen-bond donors (Lipinski definition) is 1. The Balaban J connectivity index is 1.15. The summed E-state index contributed by atoms with van der Waals surface area (Å²) >= 11 is 0. The molecule has 9 heteroatoms. The summed E-state index contributed by atoms with van der Waals surface area (Å²) in [4.78, 5) is 26.0. The molecule has 1 amide bonds. The van der Waals surface area contributed by atoms with Crippen LogP contribution in [0.5, 0.6) is 0 Å². The van der Waals surface area contributed by atoms with Gasteiger partial charge in [0.15, 0.2) is 0 Å². The summed E-state index contributed by atoms with van der Waals surface area (Å²) in [7, 11) is 0. The van der Waals surface area contributed by atoms with Gasteiger partial charge in [0.2, 0.25) is 17.6 Å². The molecule has 2 saturated heterocycles. The molecule has 5 rings (SSSR count). The molecule has 4 heterocycles. The second-order valence-electron chi connectivity index (χ2n) is 8.46. The van der Waals surface area contributed by atoms with Gasteiger partial charge >= 0.3 is 0 Å². The van der Waals surface area contributed by atoms with Gasteiger partial charge in [0.05, 0.1) is 25.7 Å². The van der Waals surface area contributed by atoms with Crippen LogP contribution < -0.4 is 10.2 Å². The largest absolute Gasteiger partial charge is 0.378 e. The molecule has 0 saturated carbocycles. The van der Waals surface area contributed by atoms with E-state index in [9.17, 15) is 4.79 Å². The van der Waals surface area contributed by atoms with Crippen molar-refractivity contribution < 1.29 is 14.1 Å². The fourth-order valence-corrected chi connectivity index (χ4v) is 4.36. The lowest BCUT2D eigenvalue weighted by molar-refractivity contribution is -0.121. The molecule has 33 heavy (non-hydrogen) atoms. The van der Waals surface area contributed by atoms with E-state index in [1.165, 1.54) is 0 Å². The van der Waals surface area contributed by atoms with Crippen LogP contribution in [0.2, 0.25) is 0 Å². The van der Waals surface area contributed by atoms with Crippen molar-refractivity contribution >= 4 is 17.3 Å². The van der Waals surface area contributed by atoms with Crippen molar-refractivity contribution in [3.05, 3.63) is 54.7 Å². The van der Waals surface area contributed by atoms with Gasteiger partial charge < -0.3 is 19.5 Å². The highest BCUT2D eigenvalue weighted by molar-refractivity contribution is 5.92. The fraction of sp³-hybridized carbons (Fsp3) is 0.417. The summed E-state index contributed by atoms with van der Waals surface area (Å²) in [5, 5.41) is 7.14. The van der Waals surface area contributed by atoms with Crippen LogP contribution in [-0.4, -0.2) is 65.3 Å². The monoisotopic (exact) mass is 448 g/mol. The normalized spacial score (nSPS) is 19.4. The zero-order chi connectivity index (χ0) is 22.5. The first kappa shape index (κ1) is 21.5. The van der Waals surface area contributed by atoms with Crippen LogP contribution in [0.3, 0.4) is 0 Å². The molecule has 3 aromatic rings. The number of benzene rings is 1. The third-order valence-electron chi connectivity index (χ3n) is 6.13. The van der Waals surface area contributed by atoms with Crippen LogP contribution >= 0.6 is 0 Å². The number of likely N-dealkylation sites (tertiary alicyclic amines) is 1. The fourth-order valence-electron chi connectivity index (χ4n) is 4.36. The Kier molecular flexibility index (Phi) is 6.59. The summed E-state index contributed by atoms with van der Waals surface area (Å²) in [5.41, 5.74) is 2.81. The first-order valence-corrected chi connectivity index (χ1v) is 11.4. The van der Waals surface area contributed by atoms with Gasteiger partial charge in [-0.2, -0.15) is 4.98 Å². The van der Waals surface area contributed by atoms with Gasteiger partial charge in [-0.3, -0.25) is 14.7 Å². The number of hydrogen-bond acceptors (Lipinski definition) is 8. The molecule has 2 aliphatic rings. The smallest absolute Gasteiger partial charge is 0.241 e. The van der Waals surface area contributed by atoms with Crippen molar-refractivity contribution in [2.75, 3.05) is 49.6 Å². The number of pyridine rings is 1. The van der Waals surface area contributed by atoms with E-state index >= 15 is 0 Å². The maximum atomic E-state index is 12.9. The molecule has 2 fully saturated rings. The predicted molar refractivity (Wildman–Crippen MR) is 124 cm³/mol. The summed E-state index contributed by atoms with van der Waals surface area (Å²) in [5.74, 6) is 1.07. The molecule has 2 aromatic heterocycles. The summed E-state index contributed by atoms with van der Waals surface area (Å²) in [6.07, 6.45) is 5.25. The van der Waals surface area contributed by atoms with E-state index in [4.69, 9.17) is 9.26 Å². The Morgan fingerprint density at radius 3 is 2.76 bits per heavy atom. The number of rotatable bonds is 6. The van der Waals surface area contributed by atoms with E-state index in [0.717, 1.165) is 62.6 Å². The Morgan fingerprint density at radius 1 is 1.12 bits per heavy atom. The number of carbonyl (C=O) groups excluding carboxylic acids is 1. The lowest BCUT2D eigenvalue weighted by Crippen LogP contribution is -2.40.